The Morgan fingerprint density at radius 3 is 2.32 bits per heavy atom. The number of nitrogens with zero attached hydrogens (tertiary/aromatic N) is 1. The molecule has 0 fully saturated rings. The number of rotatable bonds is 7. The van der Waals surface area contributed by atoms with Gasteiger partial charge in [0.1, 0.15) is 0 Å². The van der Waals surface area contributed by atoms with Crippen LogP contribution < -0.4 is 5.32 Å². The topological polar surface area (TPSA) is 45.1 Å². The van der Waals surface area contributed by atoms with E-state index in [0.29, 0.717) is 6.42 Å². The summed E-state index contributed by atoms with van der Waals surface area (Å²) >= 11 is 1.61. The van der Waals surface area contributed by atoms with Crippen LogP contribution in [0.4, 0.5) is 0 Å². The lowest BCUT2D eigenvalue weighted by molar-refractivity contribution is 0.155. The van der Waals surface area contributed by atoms with Crippen molar-refractivity contribution in [2.24, 2.45) is 0 Å². The van der Waals surface area contributed by atoms with Crippen molar-refractivity contribution in [2.75, 3.05) is 0 Å². The molecule has 1 aromatic carbocycles. The highest BCUT2D eigenvalue weighted by Gasteiger charge is 2.15. The van der Waals surface area contributed by atoms with Crippen LogP contribution in [0.1, 0.15) is 42.9 Å². The Bertz CT molecular complexity index is 756. The predicted octanol–water partition coefficient (Wildman–Crippen LogP) is 4.97. The van der Waals surface area contributed by atoms with Gasteiger partial charge in [-0.2, -0.15) is 0 Å². The van der Waals surface area contributed by atoms with E-state index in [0.717, 1.165) is 4.88 Å². The molecule has 3 unspecified atom stereocenters. The van der Waals surface area contributed by atoms with E-state index in [2.05, 4.69) is 48.4 Å². The minimum Gasteiger partial charge on any atom is -0.388 e. The third-order valence-corrected chi connectivity index (χ3v) is 5.38. The minimum absolute atomic E-state index is 0.229. The van der Waals surface area contributed by atoms with E-state index in [4.69, 9.17) is 0 Å². The monoisotopic (exact) mass is 352 g/mol. The highest BCUT2D eigenvalue weighted by atomic mass is 32.1. The maximum Gasteiger partial charge on any atom is 0.0896 e. The molecule has 0 aliphatic heterocycles. The third-order valence-electron chi connectivity index (χ3n) is 4.41. The molecule has 2 N–H and O–H groups in total. The fourth-order valence-corrected chi connectivity index (χ4v) is 3.76. The number of aliphatic hydroxyl groups is 1. The van der Waals surface area contributed by atoms with Gasteiger partial charge in [-0.05, 0) is 60.5 Å². The van der Waals surface area contributed by atoms with Crippen LogP contribution in [0, 0.1) is 0 Å². The average molecular weight is 353 g/mol. The van der Waals surface area contributed by atoms with Crippen LogP contribution in [-0.4, -0.2) is 16.1 Å². The second kappa shape index (κ2) is 8.39. The van der Waals surface area contributed by atoms with E-state index in [1.54, 1.807) is 11.3 Å². The first-order valence-corrected chi connectivity index (χ1v) is 9.49. The maximum atomic E-state index is 10.3. The van der Waals surface area contributed by atoms with E-state index in [1.165, 1.54) is 16.7 Å². The maximum absolute atomic E-state index is 10.3. The van der Waals surface area contributed by atoms with Crippen LogP contribution in [-0.2, 0) is 0 Å². The largest absolute Gasteiger partial charge is 0.388 e. The summed E-state index contributed by atoms with van der Waals surface area (Å²) in [5, 5.41) is 15.9. The zero-order chi connectivity index (χ0) is 17.6. The first kappa shape index (κ1) is 17.8. The van der Waals surface area contributed by atoms with Crippen molar-refractivity contribution in [3.63, 3.8) is 0 Å². The van der Waals surface area contributed by atoms with Crippen molar-refractivity contribution in [1.82, 2.24) is 10.3 Å². The van der Waals surface area contributed by atoms with Gasteiger partial charge in [-0.25, -0.2) is 0 Å². The Balaban J connectivity index is 1.58. The average Bonchev–Trinajstić information content (AvgIpc) is 3.17. The van der Waals surface area contributed by atoms with Crippen molar-refractivity contribution < 1.29 is 5.11 Å². The number of aliphatic hydroxyl groups excluding tert-OH is 1. The second-order valence-electron chi connectivity index (χ2n) is 6.41. The minimum atomic E-state index is -0.399. The van der Waals surface area contributed by atoms with Crippen LogP contribution in [0.2, 0.25) is 0 Å². The quantitative estimate of drug-likeness (QED) is 0.631. The number of hydrogen-bond donors (Lipinski definition) is 2. The van der Waals surface area contributed by atoms with Gasteiger partial charge in [0.25, 0.3) is 0 Å². The molecule has 0 spiro atoms. The van der Waals surface area contributed by atoms with Crippen LogP contribution in [0.25, 0.3) is 11.1 Å². The van der Waals surface area contributed by atoms with E-state index < -0.39 is 6.10 Å². The highest BCUT2D eigenvalue weighted by molar-refractivity contribution is 7.10. The number of thiophene rings is 1. The summed E-state index contributed by atoms with van der Waals surface area (Å²) in [5.74, 6) is 0. The summed E-state index contributed by atoms with van der Waals surface area (Å²) in [7, 11) is 0. The lowest BCUT2D eigenvalue weighted by Crippen LogP contribution is -2.30. The van der Waals surface area contributed by atoms with Gasteiger partial charge in [-0.3, -0.25) is 4.98 Å². The molecule has 0 saturated heterocycles. The van der Waals surface area contributed by atoms with Crippen molar-refractivity contribution in [2.45, 2.75) is 38.5 Å². The first-order valence-electron chi connectivity index (χ1n) is 8.61. The molecular weight excluding hydrogens is 328 g/mol. The van der Waals surface area contributed by atoms with Crippen molar-refractivity contribution in [3.05, 3.63) is 76.7 Å². The molecule has 0 aliphatic carbocycles. The van der Waals surface area contributed by atoms with Crippen molar-refractivity contribution >= 4 is 11.3 Å². The Morgan fingerprint density at radius 1 is 1.00 bits per heavy atom. The summed E-state index contributed by atoms with van der Waals surface area (Å²) in [6.07, 6.45) is 3.94. The Labute approximate surface area is 153 Å². The second-order valence-corrected chi connectivity index (χ2v) is 7.39. The van der Waals surface area contributed by atoms with Crippen molar-refractivity contribution in [3.8, 4) is 11.1 Å². The van der Waals surface area contributed by atoms with E-state index in [-0.39, 0.29) is 12.1 Å². The molecule has 3 atom stereocenters. The number of aromatic nitrogens is 1. The molecule has 0 saturated carbocycles. The summed E-state index contributed by atoms with van der Waals surface area (Å²) in [4.78, 5) is 5.09. The summed E-state index contributed by atoms with van der Waals surface area (Å²) in [5.41, 5.74) is 3.62. The van der Waals surface area contributed by atoms with Crippen molar-refractivity contribution in [1.29, 1.82) is 0 Å². The lowest BCUT2D eigenvalue weighted by atomic mass is 10.0. The molecule has 0 aliphatic rings. The number of pyridine rings is 1. The summed E-state index contributed by atoms with van der Waals surface area (Å²) in [6, 6.07) is 17.1. The van der Waals surface area contributed by atoms with E-state index in [9.17, 15) is 5.11 Å². The van der Waals surface area contributed by atoms with Gasteiger partial charge in [-0.1, -0.05) is 30.3 Å². The van der Waals surface area contributed by atoms with Crippen LogP contribution in [0.15, 0.2) is 66.3 Å². The molecule has 3 aromatic rings. The lowest BCUT2D eigenvalue weighted by Gasteiger charge is -2.22. The molecule has 0 amide bonds. The Hall–Kier alpha value is -2.01. The first-order chi connectivity index (χ1) is 12.1. The molecule has 130 valence electrons. The molecule has 0 bridgehead atoms. The molecule has 4 heteroatoms. The molecule has 0 radical (unpaired) electrons. The van der Waals surface area contributed by atoms with Crippen LogP contribution in [0.5, 0.6) is 0 Å². The fraction of sp³-hybridized carbons (Fsp3) is 0.286. The smallest absolute Gasteiger partial charge is 0.0896 e. The zero-order valence-corrected chi connectivity index (χ0v) is 15.4. The standard InChI is InChI=1S/C21H24N2OS/c1-15(14-20(24)21-4-3-13-25-21)23-16(2)17-5-7-18(8-6-17)19-9-11-22-12-10-19/h3-13,15-16,20,23-24H,14H2,1-2H3. The summed E-state index contributed by atoms with van der Waals surface area (Å²) in [6.45, 7) is 4.29. The van der Waals surface area contributed by atoms with E-state index >= 15 is 0 Å². The number of hydrogen-bond acceptors (Lipinski definition) is 4. The van der Waals surface area contributed by atoms with Gasteiger partial charge in [0, 0.05) is 29.4 Å². The molecule has 3 nitrogen and oxygen atoms in total. The van der Waals surface area contributed by atoms with Gasteiger partial charge in [0.15, 0.2) is 0 Å². The number of nitrogens with one attached hydrogen (secondary N) is 1. The highest BCUT2D eigenvalue weighted by Crippen LogP contribution is 2.25. The van der Waals surface area contributed by atoms with Crippen LogP contribution in [0.3, 0.4) is 0 Å². The van der Waals surface area contributed by atoms with Gasteiger partial charge in [-0.15, -0.1) is 11.3 Å². The van der Waals surface area contributed by atoms with Gasteiger partial charge in [0.2, 0.25) is 0 Å². The predicted molar refractivity (Wildman–Crippen MR) is 105 cm³/mol. The third kappa shape index (κ3) is 4.75. The Kier molecular flexibility index (Phi) is 5.97. The molecule has 25 heavy (non-hydrogen) atoms. The van der Waals surface area contributed by atoms with Gasteiger partial charge in [0.05, 0.1) is 6.10 Å². The molecule has 2 heterocycles. The number of benzene rings is 1. The fourth-order valence-electron chi connectivity index (χ4n) is 3.03. The van der Waals surface area contributed by atoms with E-state index in [1.807, 2.05) is 42.0 Å². The SMILES string of the molecule is CC(CC(O)c1cccs1)NC(C)c1ccc(-c2ccncc2)cc1. The molecule has 3 rings (SSSR count). The van der Waals surface area contributed by atoms with Gasteiger partial charge >= 0.3 is 0 Å². The summed E-state index contributed by atoms with van der Waals surface area (Å²) < 4.78 is 0. The molecule has 2 aromatic heterocycles. The zero-order valence-electron chi connectivity index (χ0n) is 14.6. The molecular formula is C21H24N2OS. The van der Waals surface area contributed by atoms with Gasteiger partial charge < -0.3 is 10.4 Å². The van der Waals surface area contributed by atoms with Crippen LogP contribution >= 0.6 is 11.3 Å². The Morgan fingerprint density at radius 2 is 1.68 bits per heavy atom. The normalized spacial score (nSPS) is 14.8.